The van der Waals surface area contributed by atoms with Crippen LogP contribution in [0.25, 0.3) is 0 Å². The van der Waals surface area contributed by atoms with Gasteiger partial charge >= 0.3 is 6.36 Å². The van der Waals surface area contributed by atoms with Crippen LogP contribution in [-0.4, -0.2) is 16.5 Å². The Morgan fingerprint density at radius 1 is 1.05 bits per heavy atom. The molecule has 1 atom stereocenters. The molecule has 0 spiro atoms. The van der Waals surface area contributed by atoms with Crippen LogP contribution in [-0.2, 0) is 6.42 Å². The van der Waals surface area contributed by atoms with Crippen molar-refractivity contribution in [3.63, 3.8) is 0 Å². The summed E-state index contributed by atoms with van der Waals surface area (Å²) in [4.78, 5) is 3.85. The van der Waals surface area contributed by atoms with E-state index >= 15 is 0 Å². The number of benzene rings is 1. The second-order valence-corrected chi connectivity index (χ2v) is 4.19. The molecule has 2 aromatic rings. The highest BCUT2D eigenvalue weighted by molar-refractivity contribution is 5.28. The standard InChI is InChI=1S/C14H12F3NO2/c15-14(16,17)20-12-3-1-10(2-4-12)9-13(19)11-5-7-18-8-6-11/h1-8,13,19H,9H2. The molecule has 6 heteroatoms. The van der Waals surface area contributed by atoms with E-state index in [-0.39, 0.29) is 5.75 Å². The molecule has 0 aliphatic carbocycles. The van der Waals surface area contributed by atoms with Gasteiger partial charge in [0.2, 0.25) is 0 Å². The molecule has 1 unspecified atom stereocenters. The summed E-state index contributed by atoms with van der Waals surface area (Å²) in [5.41, 5.74) is 1.42. The topological polar surface area (TPSA) is 42.4 Å². The first kappa shape index (κ1) is 14.3. The predicted molar refractivity (Wildman–Crippen MR) is 66.0 cm³/mol. The molecule has 0 radical (unpaired) electrons. The summed E-state index contributed by atoms with van der Waals surface area (Å²) in [6, 6.07) is 8.80. The summed E-state index contributed by atoms with van der Waals surface area (Å²) in [6.07, 6.45) is -1.99. The lowest BCUT2D eigenvalue weighted by molar-refractivity contribution is -0.274. The summed E-state index contributed by atoms with van der Waals surface area (Å²) in [6.45, 7) is 0. The van der Waals surface area contributed by atoms with E-state index < -0.39 is 12.5 Å². The molecule has 2 rings (SSSR count). The number of hydrogen-bond donors (Lipinski definition) is 1. The number of alkyl halides is 3. The van der Waals surface area contributed by atoms with Crippen LogP contribution >= 0.6 is 0 Å². The SMILES string of the molecule is OC(Cc1ccc(OC(F)(F)F)cc1)c1ccncc1. The van der Waals surface area contributed by atoms with Crippen molar-refractivity contribution in [2.45, 2.75) is 18.9 Å². The minimum atomic E-state index is -4.70. The van der Waals surface area contributed by atoms with Crippen LogP contribution in [0.5, 0.6) is 5.75 Å². The van der Waals surface area contributed by atoms with Gasteiger partial charge in [-0.15, -0.1) is 13.2 Å². The maximum Gasteiger partial charge on any atom is 0.573 e. The number of pyridine rings is 1. The highest BCUT2D eigenvalue weighted by Gasteiger charge is 2.30. The summed E-state index contributed by atoms with van der Waals surface area (Å²) < 4.78 is 39.8. The number of ether oxygens (including phenoxy) is 1. The quantitative estimate of drug-likeness (QED) is 0.936. The predicted octanol–water partition coefficient (Wildman–Crippen LogP) is 3.26. The van der Waals surface area contributed by atoms with E-state index in [1.165, 1.54) is 24.3 Å². The number of nitrogens with zero attached hydrogens (tertiary/aromatic N) is 1. The molecule has 1 aromatic carbocycles. The lowest BCUT2D eigenvalue weighted by atomic mass is 10.0. The number of halogens is 3. The molecule has 0 saturated carbocycles. The van der Waals surface area contributed by atoms with Crippen LogP contribution in [0.1, 0.15) is 17.2 Å². The van der Waals surface area contributed by atoms with Crippen molar-refractivity contribution < 1.29 is 23.0 Å². The Balaban J connectivity index is 2.00. The Kier molecular flexibility index (Phi) is 4.24. The summed E-state index contributed by atoms with van der Waals surface area (Å²) in [5.74, 6) is -0.278. The summed E-state index contributed by atoms with van der Waals surface area (Å²) in [7, 11) is 0. The summed E-state index contributed by atoms with van der Waals surface area (Å²) >= 11 is 0. The van der Waals surface area contributed by atoms with Crippen LogP contribution < -0.4 is 4.74 Å². The second kappa shape index (κ2) is 5.92. The fraction of sp³-hybridized carbons (Fsp3) is 0.214. The van der Waals surface area contributed by atoms with Crippen molar-refractivity contribution in [3.8, 4) is 5.75 Å². The van der Waals surface area contributed by atoms with Crippen molar-refractivity contribution in [3.05, 3.63) is 59.9 Å². The number of hydrogen-bond acceptors (Lipinski definition) is 3. The molecule has 0 amide bonds. The van der Waals surface area contributed by atoms with E-state index in [2.05, 4.69) is 9.72 Å². The second-order valence-electron chi connectivity index (χ2n) is 4.19. The van der Waals surface area contributed by atoms with E-state index in [4.69, 9.17) is 0 Å². The average molecular weight is 283 g/mol. The van der Waals surface area contributed by atoms with Crippen LogP contribution in [0.3, 0.4) is 0 Å². The molecule has 0 aliphatic rings. The normalized spacial score (nSPS) is 13.0. The van der Waals surface area contributed by atoms with E-state index in [0.717, 1.165) is 0 Å². The van der Waals surface area contributed by atoms with Crippen molar-refractivity contribution >= 4 is 0 Å². The van der Waals surface area contributed by atoms with Gasteiger partial charge in [-0.05, 0) is 35.4 Å². The van der Waals surface area contributed by atoms with Gasteiger partial charge in [0.05, 0.1) is 6.10 Å². The molecule has 20 heavy (non-hydrogen) atoms. The Bertz CT molecular complexity index is 541. The number of aliphatic hydroxyl groups is 1. The monoisotopic (exact) mass is 283 g/mol. The zero-order valence-electron chi connectivity index (χ0n) is 10.3. The van der Waals surface area contributed by atoms with E-state index in [1.807, 2.05) is 0 Å². The maximum atomic E-state index is 12.0. The fourth-order valence-electron chi connectivity index (χ4n) is 1.75. The lowest BCUT2D eigenvalue weighted by Crippen LogP contribution is -2.17. The summed E-state index contributed by atoms with van der Waals surface area (Å²) in [5, 5.41) is 9.99. The molecule has 0 aliphatic heterocycles. The van der Waals surface area contributed by atoms with Gasteiger partial charge in [0.15, 0.2) is 0 Å². The van der Waals surface area contributed by atoms with Crippen molar-refractivity contribution in [1.82, 2.24) is 4.98 Å². The molecule has 0 bridgehead atoms. The molecular formula is C14H12F3NO2. The average Bonchev–Trinajstić information content (AvgIpc) is 2.40. The molecule has 106 valence electrons. The maximum absolute atomic E-state index is 12.0. The molecule has 1 N–H and O–H groups in total. The minimum absolute atomic E-state index is 0.278. The third-order valence-corrected chi connectivity index (χ3v) is 2.68. The fourth-order valence-corrected chi connectivity index (χ4v) is 1.75. The Labute approximate surface area is 113 Å². The van der Waals surface area contributed by atoms with Gasteiger partial charge in [-0.2, -0.15) is 0 Å². The molecule has 1 aromatic heterocycles. The van der Waals surface area contributed by atoms with Gasteiger partial charge in [-0.25, -0.2) is 0 Å². The first-order valence-corrected chi connectivity index (χ1v) is 5.87. The highest BCUT2D eigenvalue weighted by Crippen LogP contribution is 2.24. The molecule has 1 heterocycles. The largest absolute Gasteiger partial charge is 0.573 e. The van der Waals surface area contributed by atoms with E-state index in [0.29, 0.717) is 17.5 Å². The van der Waals surface area contributed by atoms with Gasteiger partial charge in [0.25, 0.3) is 0 Å². The third kappa shape index (κ3) is 4.24. The molecule has 0 saturated heterocycles. The van der Waals surface area contributed by atoms with Crippen LogP contribution in [0.15, 0.2) is 48.8 Å². The lowest BCUT2D eigenvalue weighted by Gasteiger charge is -2.12. The van der Waals surface area contributed by atoms with Crippen molar-refractivity contribution in [1.29, 1.82) is 0 Å². The van der Waals surface area contributed by atoms with Crippen molar-refractivity contribution in [2.75, 3.05) is 0 Å². The van der Waals surface area contributed by atoms with E-state index in [1.54, 1.807) is 24.5 Å². The number of rotatable bonds is 4. The van der Waals surface area contributed by atoms with Crippen molar-refractivity contribution in [2.24, 2.45) is 0 Å². The van der Waals surface area contributed by atoms with Crippen LogP contribution in [0.2, 0.25) is 0 Å². The Morgan fingerprint density at radius 2 is 1.65 bits per heavy atom. The Hall–Kier alpha value is -2.08. The zero-order valence-corrected chi connectivity index (χ0v) is 10.3. The molecular weight excluding hydrogens is 271 g/mol. The van der Waals surface area contributed by atoms with Gasteiger partial charge in [-0.3, -0.25) is 4.98 Å². The first-order valence-electron chi connectivity index (χ1n) is 5.87. The van der Waals surface area contributed by atoms with E-state index in [9.17, 15) is 18.3 Å². The van der Waals surface area contributed by atoms with Crippen LogP contribution in [0.4, 0.5) is 13.2 Å². The Morgan fingerprint density at radius 3 is 2.20 bits per heavy atom. The first-order chi connectivity index (χ1) is 9.44. The minimum Gasteiger partial charge on any atom is -0.406 e. The van der Waals surface area contributed by atoms with Gasteiger partial charge in [0, 0.05) is 18.8 Å². The van der Waals surface area contributed by atoms with Crippen LogP contribution in [0, 0.1) is 0 Å². The highest BCUT2D eigenvalue weighted by atomic mass is 19.4. The zero-order chi connectivity index (χ0) is 14.6. The molecule has 3 nitrogen and oxygen atoms in total. The van der Waals surface area contributed by atoms with Gasteiger partial charge in [0.1, 0.15) is 5.75 Å². The number of aromatic nitrogens is 1. The third-order valence-electron chi connectivity index (χ3n) is 2.68. The number of aliphatic hydroxyl groups excluding tert-OH is 1. The smallest absolute Gasteiger partial charge is 0.406 e. The van der Waals surface area contributed by atoms with Gasteiger partial charge < -0.3 is 9.84 Å². The molecule has 0 fully saturated rings. The van der Waals surface area contributed by atoms with Gasteiger partial charge in [-0.1, -0.05) is 12.1 Å².